The Morgan fingerprint density at radius 3 is 2.42 bits per heavy atom. The van der Waals surface area contributed by atoms with E-state index >= 15 is 4.39 Å². The molecule has 3 N–H and O–H groups in total. The zero-order chi connectivity index (χ0) is 28.6. The fourth-order valence-electron chi connectivity index (χ4n) is 4.44. The van der Waals surface area contributed by atoms with Crippen LogP contribution in [0.15, 0.2) is 94.7 Å². The van der Waals surface area contributed by atoms with Gasteiger partial charge in [0.1, 0.15) is 11.6 Å². The number of carbonyl (C=O) groups excluding carboxylic acids is 2. The number of rotatable bonds is 9. The maximum Gasteiger partial charge on any atom is 0.254 e. The molecule has 2 amide bonds. The third-order valence-corrected chi connectivity index (χ3v) is 7.47. The van der Waals surface area contributed by atoms with Crippen molar-refractivity contribution in [1.29, 1.82) is 5.26 Å². The monoisotopic (exact) mass is 556 g/mol. The molecule has 9 heteroatoms. The lowest BCUT2D eigenvalue weighted by Gasteiger charge is -2.30. The van der Waals surface area contributed by atoms with Gasteiger partial charge in [0.2, 0.25) is 5.91 Å². The topological polar surface area (TPSA) is 103 Å². The molecule has 0 fully saturated rings. The number of nitriles is 1. The van der Waals surface area contributed by atoms with Gasteiger partial charge in [-0.2, -0.15) is 5.26 Å². The number of carbonyl (C=O) groups is 2. The molecule has 1 aliphatic heterocycles. The molecule has 1 unspecified atom stereocenters. The van der Waals surface area contributed by atoms with Crippen LogP contribution in [0.2, 0.25) is 0 Å². The van der Waals surface area contributed by atoms with E-state index in [1.54, 1.807) is 49.4 Å². The van der Waals surface area contributed by atoms with Crippen molar-refractivity contribution in [2.24, 2.45) is 0 Å². The van der Waals surface area contributed by atoms with Crippen molar-refractivity contribution in [3.8, 4) is 11.8 Å². The Labute approximate surface area is 237 Å². The molecule has 0 radical (unpaired) electrons. The van der Waals surface area contributed by atoms with E-state index in [0.29, 0.717) is 27.9 Å². The van der Waals surface area contributed by atoms with E-state index in [-0.39, 0.29) is 28.4 Å². The Morgan fingerprint density at radius 2 is 1.75 bits per heavy atom. The second kappa shape index (κ2) is 13.0. The summed E-state index contributed by atoms with van der Waals surface area (Å²) in [6.45, 7) is 3.75. The number of methoxy groups -OCH3 is 1. The second-order valence-corrected chi connectivity index (χ2v) is 10.0. The highest BCUT2D eigenvalue weighted by Gasteiger charge is 2.36. The number of allylic oxidation sites excluding steroid dienone is 2. The number of benzene rings is 3. The molecular weight excluding hydrogens is 527 g/mol. The molecule has 3 aromatic carbocycles. The number of amides is 2. The molecule has 1 aliphatic rings. The summed E-state index contributed by atoms with van der Waals surface area (Å²) in [5.74, 6) is -1.84. The van der Waals surface area contributed by atoms with Gasteiger partial charge in [-0.3, -0.25) is 9.59 Å². The molecule has 7 nitrogen and oxygen atoms in total. The highest BCUT2D eigenvalue weighted by Crippen LogP contribution is 2.42. The van der Waals surface area contributed by atoms with E-state index < -0.39 is 17.6 Å². The number of aryl methyl sites for hydroxylation is 1. The van der Waals surface area contributed by atoms with Gasteiger partial charge in [-0.25, -0.2) is 4.39 Å². The van der Waals surface area contributed by atoms with E-state index in [4.69, 9.17) is 4.74 Å². The fraction of sp³-hybridized carbons (Fsp3) is 0.194. The Bertz CT molecular complexity index is 1530. The normalized spacial score (nSPS) is 14.7. The van der Waals surface area contributed by atoms with Crippen molar-refractivity contribution in [1.82, 2.24) is 5.32 Å². The molecule has 0 saturated heterocycles. The van der Waals surface area contributed by atoms with Gasteiger partial charge < -0.3 is 20.7 Å². The standard InChI is InChI=1S/C31H29FN4O3S/c1-4-20-13-15-21(16-14-20)35-27(37)18-40-31-23(17-33)29(22-9-5-6-10-24(22)32)28(19(2)34-31)30(38)36-25-11-7-8-12-26(25)39-3/h5-16,29,34H,4,18H2,1-3H3,(H,35,37)(H,36,38). The smallest absolute Gasteiger partial charge is 0.254 e. The molecule has 1 heterocycles. The molecule has 0 bridgehead atoms. The SMILES string of the molecule is CCc1ccc(NC(=O)CSC2=C(C#N)C(c3ccccc3F)C(C(=O)Nc3ccccc3OC)=C(C)N2)cc1. The van der Waals surface area contributed by atoms with Crippen molar-refractivity contribution in [2.45, 2.75) is 26.2 Å². The molecule has 0 spiro atoms. The number of dihydropyridines is 1. The lowest BCUT2D eigenvalue weighted by molar-refractivity contribution is -0.114. The number of para-hydroxylation sites is 2. The van der Waals surface area contributed by atoms with E-state index in [0.717, 1.165) is 23.7 Å². The summed E-state index contributed by atoms with van der Waals surface area (Å²) in [5.41, 5.74) is 3.23. The minimum atomic E-state index is -0.991. The lowest BCUT2D eigenvalue weighted by atomic mass is 9.82. The zero-order valence-corrected chi connectivity index (χ0v) is 23.2. The van der Waals surface area contributed by atoms with E-state index in [1.165, 1.54) is 13.2 Å². The number of halogens is 1. The Balaban J connectivity index is 1.63. The largest absolute Gasteiger partial charge is 0.495 e. The van der Waals surface area contributed by atoms with Crippen molar-refractivity contribution in [3.05, 3.63) is 112 Å². The van der Waals surface area contributed by atoms with Gasteiger partial charge in [0.15, 0.2) is 0 Å². The molecule has 0 aliphatic carbocycles. The average molecular weight is 557 g/mol. The predicted molar refractivity (Wildman–Crippen MR) is 156 cm³/mol. The summed E-state index contributed by atoms with van der Waals surface area (Å²) in [5, 5.41) is 19.4. The number of nitrogens with one attached hydrogen (secondary N) is 3. The van der Waals surface area contributed by atoms with Crippen molar-refractivity contribution in [3.63, 3.8) is 0 Å². The van der Waals surface area contributed by atoms with E-state index in [1.807, 2.05) is 24.3 Å². The minimum Gasteiger partial charge on any atom is -0.495 e. The zero-order valence-electron chi connectivity index (χ0n) is 22.4. The summed E-state index contributed by atoms with van der Waals surface area (Å²) in [6, 6.07) is 22.7. The summed E-state index contributed by atoms with van der Waals surface area (Å²) in [6.07, 6.45) is 0.899. The van der Waals surface area contributed by atoms with Gasteiger partial charge in [-0.15, -0.1) is 0 Å². The third kappa shape index (κ3) is 6.35. The van der Waals surface area contributed by atoms with Crippen LogP contribution < -0.4 is 20.7 Å². The summed E-state index contributed by atoms with van der Waals surface area (Å²) >= 11 is 1.12. The highest BCUT2D eigenvalue weighted by molar-refractivity contribution is 8.03. The van der Waals surface area contributed by atoms with Gasteiger partial charge in [-0.05, 0) is 49.2 Å². The number of ether oxygens (including phenoxy) is 1. The summed E-state index contributed by atoms with van der Waals surface area (Å²) in [7, 11) is 1.50. The van der Waals surface area contributed by atoms with Gasteiger partial charge in [0.05, 0.1) is 41.1 Å². The average Bonchev–Trinajstić information content (AvgIpc) is 2.96. The number of hydrogen-bond donors (Lipinski definition) is 3. The molecule has 0 aromatic heterocycles. The van der Waals surface area contributed by atoms with Gasteiger partial charge in [0, 0.05) is 22.5 Å². The molecule has 40 heavy (non-hydrogen) atoms. The van der Waals surface area contributed by atoms with Crippen molar-refractivity contribution < 1.29 is 18.7 Å². The minimum absolute atomic E-state index is 0.00303. The molecule has 0 saturated carbocycles. The lowest BCUT2D eigenvalue weighted by Crippen LogP contribution is -2.31. The van der Waals surface area contributed by atoms with Crippen LogP contribution in [0.3, 0.4) is 0 Å². The Hall–Kier alpha value is -4.55. The van der Waals surface area contributed by atoms with Crippen LogP contribution in [-0.4, -0.2) is 24.7 Å². The van der Waals surface area contributed by atoms with Crippen molar-refractivity contribution in [2.75, 3.05) is 23.5 Å². The first-order valence-electron chi connectivity index (χ1n) is 12.7. The van der Waals surface area contributed by atoms with Crippen LogP contribution in [0, 0.1) is 17.1 Å². The number of thioether (sulfide) groups is 1. The molecule has 204 valence electrons. The quantitative estimate of drug-likeness (QED) is 0.294. The van der Waals surface area contributed by atoms with Crippen molar-refractivity contribution >= 4 is 35.0 Å². The first-order valence-corrected chi connectivity index (χ1v) is 13.7. The summed E-state index contributed by atoms with van der Waals surface area (Å²) < 4.78 is 20.5. The van der Waals surface area contributed by atoms with Crippen LogP contribution in [0.1, 0.15) is 30.9 Å². The van der Waals surface area contributed by atoms with E-state index in [2.05, 4.69) is 28.9 Å². The van der Waals surface area contributed by atoms with Crippen LogP contribution in [0.25, 0.3) is 0 Å². The molecule has 4 rings (SSSR count). The molecule has 1 atom stereocenters. The maximum atomic E-state index is 15.1. The van der Waals surface area contributed by atoms with Gasteiger partial charge in [-0.1, -0.05) is 61.2 Å². The highest BCUT2D eigenvalue weighted by atomic mass is 32.2. The third-order valence-electron chi connectivity index (χ3n) is 6.46. The number of nitrogens with zero attached hydrogens (tertiary/aromatic N) is 1. The van der Waals surface area contributed by atoms with Crippen LogP contribution in [0.5, 0.6) is 5.75 Å². The van der Waals surface area contributed by atoms with Crippen LogP contribution in [-0.2, 0) is 16.0 Å². The van der Waals surface area contributed by atoms with Crippen LogP contribution in [0.4, 0.5) is 15.8 Å². The maximum absolute atomic E-state index is 15.1. The molecule has 3 aromatic rings. The van der Waals surface area contributed by atoms with E-state index in [9.17, 15) is 14.9 Å². The first kappa shape index (κ1) is 28.5. The second-order valence-electron chi connectivity index (χ2n) is 9.01. The molecular formula is C31H29FN4O3S. The first-order chi connectivity index (χ1) is 19.4. The Morgan fingerprint density at radius 1 is 1.05 bits per heavy atom. The number of anilines is 2. The predicted octanol–water partition coefficient (Wildman–Crippen LogP) is 6.10. The fourth-order valence-corrected chi connectivity index (χ4v) is 5.34. The number of hydrogen-bond acceptors (Lipinski definition) is 6. The van der Waals surface area contributed by atoms with Crippen LogP contribution >= 0.6 is 11.8 Å². The Kier molecular flexibility index (Phi) is 9.25. The summed E-state index contributed by atoms with van der Waals surface area (Å²) in [4.78, 5) is 26.3. The van der Waals surface area contributed by atoms with Gasteiger partial charge >= 0.3 is 0 Å². The van der Waals surface area contributed by atoms with Gasteiger partial charge in [0.25, 0.3) is 5.91 Å².